The van der Waals surface area contributed by atoms with Crippen molar-refractivity contribution in [3.63, 3.8) is 0 Å². The fourth-order valence-corrected chi connectivity index (χ4v) is 1.71. The van der Waals surface area contributed by atoms with Crippen molar-refractivity contribution >= 4 is 24.0 Å². The van der Waals surface area contributed by atoms with Crippen LogP contribution in [0.15, 0.2) is 34.9 Å². The lowest BCUT2D eigenvalue weighted by molar-refractivity contribution is -0.119. The van der Waals surface area contributed by atoms with Gasteiger partial charge in [-0.3, -0.25) is 4.79 Å². The predicted molar refractivity (Wildman–Crippen MR) is 85.4 cm³/mol. The molecular weight excluding hydrogens is 290 g/mol. The van der Waals surface area contributed by atoms with Crippen LogP contribution in [0, 0.1) is 12.8 Å². The summed E-state index contributed by atoms with van der Waals surface area (Å²) in [6.45, 7) is 5.43. The molecule has 0 aliphatic heterocycles. The van der Waals surface area contributed by atoms with E-state index in [2.05, 4.69) is 10.3 Å². The van der Waals surface area contributed by atoms with Crippen LogP contribution in [0.25, 0.3) is 11.3 Å². The normalized spacial score (nSPS) is 13.1. The van der Waals surface area contributed by atoms with Gasteiger partial charge in [0, 0.05) is 24.2 Å². The van der Waals surface area contributed by atoms with Crippen molar-refractivity contribution in [2.75, 3.05) is 5.32 Å². The number of nitrogens with zero attached hydrogens (tertiary/aromatic N) is 1. The summed E-state index contributed by atoms with van der Waals surface area (Å²) in [6.07, 6.45) is 1.68. The lowest BCUT2D eigenvalue weighted by Crippen LogP contribution is -2.34. The van der Waals surface area contributed by atoms with Crippen molar-refractivity contribution in [2.24, 2.45) is 11.7 Å². The van der Waals surface area contributed by atoms with Gasteiger partial charge in [0.1, 0.15) is 0 Å². The zero-order valence-electron chi connectivity index (χ0n) is 12.3. The van der Waals surface area contributed by atoms with Gasteiger partial charge in [-0.05, 0) is 31.2 Å². The van der Waals surface area contributed by atoms with Crippen LogP contribution in [0.2, 0.25) is 0 Å². The van der Waals surface area contributed by atoms with Gasteiger partial charge in [-0.15, -0.1) is 12.4 Å². The molecule has 1 amide bonds. The van der Waals surface area contributed by atoms with Crippen molar-refractivity contribution in [2.45, 2.75) is 26.8 Å². The molecule has 2 aromatic rings. The zero-order chi connectivity index (χ0) is 14.7. The van der Waals surface area contributed by atoms with E-state index in [-0.39, 0.29) is 30.3 Å². The van der Waals surface area contributed by atoms with Crippen LogP contribution in [0.3, 0.4) is 0 Å². The molecule has 114 valence electrons. The summed E-state index contributed by atoms with van der Waals surface area (Å²) in [4.78, 5) is 15.9. The van der Waals surface area contributed by atoms with Crippen LogP contribution < -0.4 is 11.1 Å². The van der Waals surface area contributed by atoms with Crippen LogP contribution in [-0.2, 0) is 4.79 Å². The Morgan fingerprint density at radius 1 is 1.29 bits per heavy atom. The summed E-state index contributed by atoms with van der Waals surface area (Å²) in [5.74, 6) is 1.03. The number of carbonyl (C=O) groups excluding carboxylic acids is 1. The van der Waals surface area contributed by atoms with Crippen LogP contribution in [0.5, 0.6) is 0 Å². The summed E-state index contributed by atoms with van der Waals surface area (Å²) < 4.78 is 5.45. The summed E-state index contributed by atoms with van der Waals surface area (Å²) in [5, 5.41) is 2.84. The number of aryl methyl sites for hydroxylation is 1. The molecule has 1 aromatic carbocycles. The van der Waals surface area contributed by atoms with E-state index in [0.717, 1.165) is 11.3 Å². The molecule has 0 radical (unpaired) electrons. The number of nitrogens with two attached hydrogens (primary N) is 1. The molecule has 0 fully saturated rings. The summed E-state index contributed by atoms with van der Waals surface area (Å²) in [7, 11) is 0. The molecule has 5 nitrogen and oxygen atoms in total. The second kappa shape index (κ2) is 7.24. The SMILES string of the molecule is Cc1ncc(-c2ccc(NC(=O)C(C)C(C)N)cc2)o1.Cl. The molecule has 6 heteroatoms. The highest BCUT2D eigenvalue weighted by Crippen LogP contribution is 2.22. The Labute approximate surface area is 130 Å². The van der Waals surface area contributed by atoms with Gasteiger partial charge in [0.15, 0.2) is 11.7 Å². The van der Waals surface area contributed by atoms with Gasteiger partial charge in [-0.25, -0.2) is 4.98 Å². The van der Waals surface area contributed by atoms with Gasteiger partial charge < -0.3 is 15.5 Å². The maximum absolute atomic E-state index is 11.9. The maximum Gasteiger partial charge on any atom is 0.228 e. The van der Waals surface area contributed by atoms with Crippen molar-refractivity contribution in [1.29, 1.82) is 0 Å². The standard InChI is InChI=1S/C15H19N3O2.ClH/c1-9(10(2)16)15(19)18-13-6-4-12(5-7-13)14-8-17-11(3)20-14;/h4-10H,16H2,1-3H3,(H,18,19);1H. The zero-order valence-corrected chi connectivity index (χ0v) is 13.1. The van der Waals surface area contributed by atoms with Gasteiger partial charge in [0.2, 0.25) is 5.91 Å². The number of hydrogen-bond acceptors (Lipinski definition) is 4. The van der Waals surface area contributed by atoms with E-state index in [4.69, 9.17) is 10.2 Å². The molecule has 1 heterocycles. The highest BCUT2D eigenvalue weighted by Gasteiger charge is 2.17. The Morgan fingerprint density at radius 2 is 1.90 bits per heavy atom. The third-order valence-electron chi connectivity index (χ3n) is 3.26. The number of carbonyl (C=O) groups is 1. The van der Waals surface area contributed by atoms with E-state index >= 15 is 0 Å². The molecule has 2 rings (SSSR count). The number of aromatic nitrogens is 1. The summed E-state index contributed by atoms with van der Waals surface area (Å²) in [6, 6.07) is 7.25. The number of hydrogen-bond donors (Lipinski definition) is 2. The van der Waals surface area contributed by atoms with Crippen molar-refractivity contribution in [3.05, 3.63) is 36.4 Å². The van der Waals surface area contributed by atoms with Crippen LogP contribution >= 0.6 is 12.4 Å². The average Bonchev–Trinajstić information content (AvgIpc) is 2.85. The van der Waals surface area contributed by atoms with E-state index in [1.54, 1.807) is 13.1 Å². The maximum atomic E-state index is 11.9. The van der Waals surface area contributed by atoms with Crippen LogP contribution in [-0.4, -0.2) is 16.9 Å². The predicted octanol–water partition coefficient (Wildman–Crippen LogP) is 2.99. The third kappa shape index (κ3) is 4.31. The molecule has 0 aliphatic carbocycles. The smallest absolute Gasteiger partial charge is 0.228 e. The first-order valence-electron chi connectivity index (χ1n) is 6.56. The van der Waals surface area contributed by atoms with Crippen molar-refractivity contribution in [1.82, 2.24) is 4.98 Å². The first-order chi connectivity index (χ1) is 9.47. The second-order valence-corrected chi connectivity index (χ2v) is 4.96. The van der Waals surface area contributed by atoms with E-state index < -0.39 is 0 Å². The molecular formula is C15H20ClN3O2. The topological polar surface area (TPSA) is 81.2 Å². The Hall–Kier alpha value is -1.85. The third-order valence-corrected chi connectivity index (χ3v) is 3.26. The molecule has 0 aliphatic rings. The monoisotopic (exact) mass is 309 g/mol. The first-order valence-corrected chi connectivity index (χ1v) is 6.56. The highest BCUT2D eigenvalue weighted by atomic mass is 35.5. The number of halogens is 1. The number of benzene rings is 1. The number of rotatable bonds is 4. The van der Waals surface area contributed by atoms with Gasteiger partial charge >= 0.3 is 0 Å². The number of anilines is 1. The molecule has 2 unspecified atom stereocenters. The number of amides is 1. The van der Waals surface area contributed by atoms with Gasteiger partial charge in [-0.2, -0.15) is 0 Å². The van der Waals surface area contributed by atoms with E-state index in [1.807, 2.05) is 38.1 Å². The highest BCUT2D eigenvalue weighted by molar-refractivity contribution is 5.92. The van der Waals surface area contributed by atoms with Crippen LogP contribution in [0.4, 0.5) is 5.69 Å². The van der Waals surface area contributed by atoms with Gasteiger partial charge in [-0.1, -0.05) is 6.92 Å². The average molecular weight is 310 g/mol. The summed E-state index contributed by atoms with van der Waals surface area (Å²) in [5.41, 5.74) is 7.37. The Kier molecular flexibility index (Phi) is 5.93. The number of oxazole rings is 1. The van der Waals surface area contributed by atoms with Crippen molar-refractivity contribution < 1.29 is 9.21 Å². The Morgan fingerprint density at radius 3 is 2.38 bits per heavy atom. The van der Waals surface area contributed by atoms with Gasteiger partial charge in [0.05, 0.1) is 12.1 Å². The molecule has 1 aromatic heterocycles. The molecule has 0 saturated carbocycles. The van der Waals surface area contributed by atoms with E-state index in [0.29, 0.717) is 11.7 Å². The van der Waals surface area contributed by atoms with E-state index in [1.165, 1.54) is 0 Å². The molecule has 2 atom stereocenters. The molecule has 3 N–H and O–H groups in total. The largest absolute Gasteiger partial charge is 0.441 e. The molecule has 0 spiro atoms. The van der Waals surface area contributed by atoms with E-state index in [9.17, 15) is 4.79 Å². The molecule has 0 bridgehead atoms. The lowest BCUT2D eigenvalue weighted by atomic mass is 10.0. The number of nitrogens with one attached hydrogen (secondary N) is 1. The summed E-state index contributed by atoms with van der Waals surface area (Å²) >= 11 is 0. The molecule has 21 heavy (non-hydrogen) atoms. The quantitative estimate of drug-likeness (QED) is 0.909. The minimum absolute atomic E-state index is 0. The Bertz CT molecular complexity index is 593. The first kappa shape index (κ1) is 17.2. The minimum Gasteiger partial charge on any atom is -0.441 e. The van der Waals surface area contributed by atoms with Crippen LogP contribution in [0.1, 0.15) is 19.7 Å². The van der Waals surface area contributed by atoms with Gasteiger partial charge in [0.25, 0.3) is 0 Å². The fourth-order valence-electron chi connectivity index (χ4n) is 1.71. The van der Waals surface area contributed by atoms with Crippen molar-refractivity contribution in [3.8, 4) is 11.3 Å². The fraction of sp³-hybridized carbons (Fsp3) is 0.333. The second-order valence-electron chi connectivity index (χ2n) is 4.96. The lowest BCUT2D eigenvalue weighted by Gasteiger charge is -2.15. The molecule has 0 saturated heterocycles. The minimum atomic E-state index is -0.230. The Balaban J connectivity index is 0.00000220.